The number of rotatable bonds is 8. The zero-order chi connectivity index (χ0) is 25.6. The van der Waals surface area contributed by atoms with Crippen LogP contribution in [0.1, 0.15) is 56.9 Å². The molecule has 2 atom stereocenters. The van der Waals surface area contributed by atoms with Crippen LogP contribution in [0, 0.1) is 12.8 Å². The monoisotopic (exact) mass is 484 g/mol. The van der Waals surface area contributed by atoms with Gasteiger partial charge in [-0.3, -0.25) is 4.79 Å². The SMILES string of the molecule is C\C=C/C=N\C(NCC1[C@H](C)CC(F)(F)CN1C(=O)c1nc(C)oc1-c1ccccc1)=C(\C)CC. The number of hydrogen-bond donors (Lipinski definition) is 1. The van der Waals surface area contributed by atoms with E-state index in [4.69, 9.17) is 4.42 Å². The van der Waals surface area contributed by atoms with E-state index in [0.717, 1.165) is 12.0 Å². The Morgan fingerprint density at radius 1 is 1.34 bits per heavy atom. The number of oxazole rings is 1. The number of aromatic nitrogens is 1. The number of alkyl halides is 2. The Hall–Kier alpha value is -3.29. The minimum absolute atomic E-state index is 0.0511. The van der Waals surface area contributed by atoms with Crippen LogP contribution in [-0.4, -0.2) is 47.1 Å². The van der Waals surface area contributed by atoms with Gasteiger partial charge in [-0.2, -0.15) is 0 Å². The van der Waals surface area contributed by atoms with Crippen LogP contribution in [0.5, 0.6) is 0 Å². The summed E-state index contributed by atoms with van der Waals surface area (Å²) in [6, 6.07) is 8.63. The van der Waals surface area contributed by atoms with Crippen molar-refractivity contribution < 1.29 is 18.0 Å². The molecule has 8 heteroatoms. The molecule has 1 N–H and O–H groups in total. The summed E-state index contributed by atoms with van der Waals surface area (Å²) in [5.41, 5.74) is 1.76. The highest BCUT2D eigenvalue weighted by atomic mass is 19.3. The van der Waals surface area contributed by atoms with Crippen molar-refractivity contribution in [2.75, 3.05) is 13.1 Å². The van der Waals surface area contributed by atoms with Crippen LogP contribution in [-0.2, 0) is 0 Å². The number of aryl methyl sites for hydroxylation is 1. The fourth-order valence-electron chi connectivity index (χ4n) is 4.25. The molecule has 0 bridgehead atoms. The van der Waals surface area contributed by atoms with Gasteiger partial charge in [-0.15, -0.1) is 0 Å². The van der Waals surface area contributed by atoms with E-state index in [9.17, 15) is 13.6 Å². The molecular formula is C27H34F2N4O2. The summed E-state index contributed by atoms with van der Waals surface area (Å²) in [6.07, 6.45) is 5.88. The van der Waals surface area contributed by atoms with Crippen LogP contribution in [0.3, 0.4) is 0 Å². The van der Waals surface area contributed by atoms with Crippen LogP contribution in [0.2, 0.25) is 0 Å². The molecular weight excluding hydrogens is 450 g/mol. The Labute approximate surface area is 205 Å². The molecule has 2 aromatic rings. The number of amides is 1. The third kappa shape index (κ3) is 6.44. The Bertz CT molecular complexity index is 1110. The van der Waals surface area contributed by atoms with Gasteiger partial charge < -0.3 is 14.6 Å². The third-order valence-corrected chi connectivity index (χ3v) is 6.21. The zero-order valence-corrected chi connectivity index (χ0v) is 21.0. The second kappa shape index (κ2) is 11.4. The van der Waals surface area contributed by atoms with Gasteiger partial charge in [0.05, 0.1) is 12.6 Å². The van der Waals surface area contributed by atoms with Gasteiger partial charge in [-0.1, -0.05) is 50.3 Å². The molecule has 1 amide bonds. The van der Waals surface area contributed by atoms with E-state index in [1.165, 1.54) is 4.90 Å². The molecule has 35 heavy (non-hydrogen) atoms. The van der Waals surface area contributed by atoms with E-state index in [0.29, 0.717) is 29.6 Å². The molecule has 1 aromatic carbocycles. The minimum atomic E-state index is -2.99. The van der Waals surface area contributed by atoms with Crippen molar-refractivity contribution in [1.29, 1.82) is 0 Å². The summed E-state index contributed by atoms with van der Waals surface area (Å²) in [5.74, 6) is -2.70. The van der Waals surface area contributed by atoms with E-state index < -0.39 is 30.3 Å². The number of nitrogens with zero attached hydrogens (tertiary/aromatic N) is 3. The Morgan fingerprint density at radius 2 is 2.06 bits per heavy atom. The van der Waals surface area contributed by atoms with E-state index in [2.05, 4.69) is 15.3 Å². The first-order chi connectivity index (χ1) is 16.7. The summed E-state index contributed by atoms with van der Waals surface area (Å²) >= 11 is 0. The standard InChI is InChI=1S/C27H34F2N4O2/c1-6-8-14-30-25(18(3)7-2)31-16-22-19(4)15-27(28,29)17-33(22)26(34)23-24(35-20(5)32-23)21-12-10-9-11-13-21/h6,8-14,19,22,31H,7,15-17H2,1-5H3/b8-6-,25-18+,30-14-/t19-,22?/m1/s1. The van der Waals surface area contributed by atoms with Gasteiger partial charge in [0, 0.05) is 31.7 Å². The molecule has 0 saturated carbocycles. The maximum Gasteiger partial charge on any atom is 0.277 e. The summed E-state index contributed by atoms with van der Waals surface area (Å²) in [5, 5.41) is 3.31. The number of halogens is 2. The first-order valence-electron chi connectivity index (χ1n) is 12.0. The van der Waals surface area contributed by atoms with Crippen molar-refractivity contribution in [3.8, 4) is 11.3 Å². The summed E-state index contributed by atoms with van der Waals surface area (Å²) < 4.78 is 35.1. The maximum absolute atomic E-state index is 14.7. The highest BCUT2D eigenvalue weighted by molar-refractivity contribution is 5.98. The van der Waals surface area contributed by atoms with E-state index in [1.807, 2.05) is 51.1 Å². The highest BCUT2D eigenvalue weighted by Crippen LogP contribution is 2.36. The van der Waals surface area contributed by atoms with Crippen molar-refractivity contribution in [2.45, 2.75) is 59.4 Å². The minimum Gasteiger partial charge on any atom is -0.440 e. The Kier molecular flexibility index (Phi) is 8.59. The zero-order valence-electron chi connectivity index (χ0n) is 21.0. The van der Waals surface area contributed by atoms with Crippen LogP contribution in [0.25, 0.3) is 11.3 Å². The molecule has 1 aromatic heterocycles. The van der Waals surface area contributed by atoms with E-state index >= 15 is 0 Å². The molecule has 1 unspecified atom stereocenters. The normalized spacial score (nSPS) is 20.9. The average molecular weight is 485 g/mol. The summed E-state index contributed by atoms with van der Waals surface area (Å²) in [4.78, 5) is 23.7. The van der Waals surface area contributed by atoms with Crippen molar-refractivity contribution in [1.82, 2.24) is 15.2 Å². The van der Waals surface area contributed by atoms with Gasteiger partial charge >= 0.3 is 0 Å². The molecule has 0 spiro atoms. The lowest BCUT2D eigenvalue weighted by Crippen LogP contribution is -2.58. The summed E-state index contributed by atoms with van der Waals surface area (Å²) in [6.45, 7) is 8.92. The lowest BCUT2D eigenvalue weighted by Gasteiger charge is -2.43. The predicted octanol–water partition coefficient (Wildman–Crippen LogP) is 6.01. The lowest BCUT2D eigenvalue weighted by molar-refractivity contribution is -0.0913. The van der Waals surface area contributed by atoms with E-state index in [1.54, 1.807) is 32.2 Å². The predicted molar refractivity (Wildman–Crippen MR) is 135 cm³/mol. The van der Waals surface area contributed by atoms with Crippen LogP contribution >= 0.6 is 0 Å². The molecule has 6 nitrogen and oxygen atoms in total. The van der Waals surface area contributed by atoms with Gasteiger partial charge in [0.1, 0.15) is 5.82 Å². The largest absolute Gasteiger partial charge is 0.440 e. The maximum atomic E-state index is 14.7. The number of allylic oxidation sites excluding steroid dienone is 3. The van der Waals surface area contributed by atoms with Crippen LogP contribution < -0.4 is 5.32 Å². The van der Waals surface area contributed by atoms with Gasteiger partial charge in [-0.05, 0) is 37.8 Å². The molecule has 188 valence electrons. The van der Waals surface area contributed by atoms with E-state index in [-0.39, 0.29) is 12.1 Å². The molecule has 1 saturated heterocycles. The molecule has 0 aliphatic carbocycles. The number of carbonyl (C=O) groups is 1. The number of piperidine rings is 1. The van der Waals surface area contributed by atoms with Gasteiger partial charge in [0.2, 0.25) is 0 Å². The molecule has 0 radical (unpaired) electrons. The first kappa shape index (κ1) is 26.3. The van der Waals surface area contributed by atoms with Crippen molar-refractivity contribution in [3.63, 3.8) is 0 Å². The summed E-state index contributed by atoms with van der Waals surface area (Å²) in [7, 11) is 0. The number of hydrogen-bond acceptors (Lipinski definition) is 5. The number of benzene rings is 1. The number of nitrogens with one attached hydrogen (secondary N) is 1. The number of likely N-dealkylation sites (tertiary alicyclic amines) is 1. The van der Waals surface area contributed by atoms with Gasteiger partial charge in [0.15, 0.2) is 17.3 Å². The van der Waals surface area contributed by atoms with Gasteiger partial charge in [0.25, 0.3) is 11.8 Å². The van der Waals surface area contributed by atoms with Gasteiger partial charge in [-0.25, -0.2) is 18.8 Å². The number of carbonyl (C=O) groups excluding carboxylic acids is 1. The van der Waals surface area contributed by atoms with Crippen molar-refractivity contribution >= 4 is 12.1 Å². The Balaban J connectivity index is 1.93. The third-order valence-electron chi connectivity index (χ3n) is 6.21. The quantitative estimate of drug-likeness (QED) is 0.466. The topological polar surface area (TPSA) is 70.7 Å². The fraction of sp³-hybridized carbons (Fsp3) is 0.444. The average Bonchev–Trinajstić information content (AvgIpc) is 3.22. The fourth-order valence-corrected chi connectivity index (χ4v) is 4.25. The second-order valence-corrected chi connectivity index (χ2v) is 8.98. The lowest BCUT2D eigenvalue weighted by atomic mass is 9.88. The molecule has 3 rings (SSSR count). The number of aliphatic imine (C=N–C) groups is 1. The molecule has 2 heterocycles. The van der Waals surface area contributed by atoms with Crippen LogP contribution in [0.4, 0.5) is 8.78 Å². The van der Waals surface area contributed by atoms with Crippen LogP contribution in [0.15, 0.2) is 63.3 Å². The second-order valence-electron chi connectivity index (χ2n) is 8.98. The molecule has 1 fully saturated rings. The molecule has 1 aliphatic rings. The van der Waals surface area contributed by atoms with Crippen molar-refractivity contribution in [3.05, 3.63) is 65.5 Å². The Morgan fingerprint density at radius 3 is 2.71 bits per heavy atom. The molecule has 1 aliphatic heterocycles. The highest BCUT2D eigenvalue weighted by Gasteiger charge is 2.47. The first-order valence-corrected chi connectivity index (χ1v) is 12.0. The van der Waals surface area contributed by atoms with Crippen molar-refractivity contribution in [2.24, 2.45) is 10.9 Å². The smallest absolute Gasteiger partial charge is 0.277 e.